The number of carbonyl (C=O) groups excluding carboxylic acids is 1. The largest absolute Gasteiger partial charge is 0.396 e. The minimum atomic E-state index is -0.155. The van der Waals surface area contributed by atoms with Crippen molar-refractivity contribution >= 4 is 5.91 Å². The Labute approximate surface area is 138 Å². The summed E-state index contributed by atoms with van der Waals surface area (Å²) in [4.78, 5) is 16.6. The van der Waals surface area contributed by atoms with Crippen LogP contribution in [0.15, 0.2) is 6.07 Å². The molecular weight excluding hydrogens is 292 g/mol. The number of rotatable bonds is 4. The van der Waals surface area contributed by atoms with E-state index in [1.807, 2.05) is 37.4 Å². The molecule has 1 aromatic heterocycles. The zero-order chi connectivity index (χ0) is 16.8. The fourth-order valence-corrected chi connectivity index (χ4v) is 4.21. The molecule has 1 N–H and O–H groups in total. The number of hydrogen-bond acceptors (Lipinski definition) is 4. The summed E-state index contributed by atoms with van der Waals surface area (Å²) >= 11 is 0. The first-order chi connectivity index (χ1) is 10.8. The lowest BCUT2D eigenvalue weighted by Crippen LogP contribution is -2.40. The first-order valence-corrected chi connectivity index (χ1v) is 8.46. The van der Waals surface area contributed by atoms with Crippen molar-refractivity contribution in [1.82, 2.24) is 19.6 Å². The van der Waals surface area contributed by atoms with Gasteiger partial charge in [0.2, 0.25) is 5.91 Å². The summed E-state index contributed by atoms with van der Waals surface area (Å²) in [5, 5.41) is 14.4. The Morgan fingerprint density at radius 2 is 2.17 bits per heavy atom. The average Bonchev–Trinajstić information content (AvgIpc) is 3.09. The topological polar surface area (TPSA) is 61.6 Å². The summed E-state index contributed by atoms with van der Waals surface area (Å²) in [6.07, 6.45) is 0. The summed E-state index contributed by atoms with van der Waals surface area (Å²) in [5.41, 5.74) is 2.08. The number of aryl methyl sites for hydroxylation is 2. The van der Waals surface area contributed by atoms with Gasteiger partial charge in [-0.15, -0.1) is 0 Å². The third-order valence-electron chi connectivity index (χ3n) is 5.43. The molecule has 1 aromatic rings. The summed E-state index contributed by atoms with van der Waals surface area (Å²) in [7, 11) is 1.98. The Balaban J connectivity index is 1.69. The highest BCUT2D eigenvalue weighted by Gasteiger charge is 2.53. The zero-order valence-electron chi connectivity index (χ0n) is 14.6. The zero-order valence-corrected chi connectivity index (χ0v) is 14.6. The van der Waals surface area contributed by atoms with E-state index in [9.17, 15) is 9.90 Å². The minimum Gasteiger partial charge on any atom is -0.396 e. The highest BCUT2D eigenvalue weighted by atomic mass is 16.3. The molecule has 6 nitrogen and oxygen atoms in total. The first-order valence-electron chi connectivity index (χ1n) is 8.46. The van der Waals surface area contributed by atoms with Crippen molar-refractivity contribution in [2.45, 2.75) is 27.3 Å². The Hall–Kier alpha value is -1.40. The predicted molar refractivity (Wildman–Crippen MR) is 87.6 cm³/mol. The lowest BCUT2D eigenvalue weighted by atomic mass is 9.82. The number of likely N-dealkylation sites (tertiary alicyclic amines) is 2. The molecule has 2 fully saturated rings. The Bertz CT molecular complexity index is 597. The molecule has 0 spiro atoms. The number of carbonyl (C=O) groups is 1. The van der Waals surface area contributed by atoms with Crippen LogP contribution in [0.3, 0.4) is 0 Å². The minimum absolute atomic E-state index is 0.0260. The SMILES string of the molecule is Cc1cc(CN2C[C@H]3CN(C(=O)C(C)C)C[C@@]3(CO)C2)n(C)n1. The van der Waals surface area contributed by atoms with Crippen LogP contribution in [0.1, 0.15) is 25.2 Å². The molecule has 0 aromatic carbocycles. The highest BCUT2D eigenvalue weighted by Crippen LogP contribution is 2.42. The van der Waals surface area contributed by atoms with Crippen molar-refractivity contribution in [2.24, 2.45) is 24.3 Å². The molecule has 0 bridgehead atoms. The van der Waals surface area contributed by atoms with Gasteiger partial charge < -0.3 is 10.0 Å². The second-order valence-electron chi connectivity index (χ2n) is 7.66. The number of aliphatic hydroxyl groups excluding tert-OH is 1. The maximum atomic E-state index is 12.3. The number of hydrogen-bond donors (Lipinski definition) is 1. The van der Waals surface area contributed by atoms with Gasteiger partial charge in [-0.3, -0.25) is 14.4 Å². The van der Waals surface area contributed by atoms with E-state index in [1.54, 1.807) is 0 Å². The Kier molecular flexibility index (Phi) is 4.23. The Morgan fingerprint density at radius 1 is 1.43 bits per heavy atom. The molecule has 0 saturated carbocycles. The fourth-order valence-electron chi connectivity index (χ4n) is 4.21. The third-order valence-corrected chi connectivity index (χ3v) is 5.43. The van der Waals surface area contributed by atoms with Crippen molar-refractivity contribution in [1.29, 1.82) is 0 Å². The van der Waals surface area contributed by atoms with Crippen molar-refractivity contribution in [3.05, 3.63) is 17.5 Å². The molecule has 6 heteroatoms. The van der Waals surface area contributed by atoms with Gasteiger partial charge in [0.05, 0.1) is 18.0 Å². The molecule has 2 aliphatic rings. The monoisotopic (exact) mass is 320 g/mol. The van der Waals surface area contributed by atoms with E-state index in [0.717, 1.165) is 31.9 Å². The number of aliphatic hydroxyl groups is 1. The summed E-state index contributed by atoms with van der Waals surface area (Å²) in [5.74, 6) is 0.601. The van der Waals surface area contributed by atoms with Crippen LogP contribution >= 0.6 is 0 Å². The van der Waals surface area contributed by atoms with Crippen LogP contribution in [-0.2, 0) is 18.4 Å². The number of aromatic nitrogens is 2. The number of amides is 1. The first kappa shape index (κ1) is 16.5. The third kappa shape index (κ3) is 2.90. The second kappa shape index (κ2) is 5.91. The molecule has 1 amide bonds. The lowest BCUT2D eigenvalue weighted by molar-refractivity contribution is -0.134. The van der Waals surface area contributed by atoms with Crippen LogP contribution in [0.4, 0.5) is 0 Å². The normalized spacial score (nSPS) is 27.9. The fraction of sp³-hybridized carbons (Fsp3) is 0.765. The van der Waals surface area contributed by atoms with E-state index in [1.165, 1.54) is 5.69 Å². The van der Waals surface area contributed by atoms with Gasteiger partial charge in [0.15, 0.2) is 0 Å². The van der Waals surface area contributed by atoms with E-state index in [0.29, 0.717) is 12.5 Å². The van der Waals surface area contributed by atoms with Crippen molar-refractivity contribution in [2.75, 3.05) is 32.8 Å². The molecule has 2 aliphatic heterocycles. The van der Waals surface area contributed by atoms with Crippen LogP contribution in [0, 0.1) is 24.2 Å². The van der Waals surface area contributed by atoms with E-state index >= 15 is 0 Å². The highest BCUT2D eigenvalue weighted by molar-refractivity contribution is 5.78. The van der Waals surface area contributed by atoms with E-state index in [4.69, 9.17) is 0 Å². The van der Waals surface area contributed by atoms with Crippen molar-refractivity contribution < 1.29 is 9.90 Å². The molecule has 0 radical (unpaired) electrons. The van der Waals surface area contributed by atoms with E-state index in [-0.39, 0.29) is 23.8 Å². The molecular formula is C17H28N4O2. The molecule has 3 heterocycles. The second-order valence-corrected chi connectivity index (χ2v) is 7.66. The molecule has 23 heavy (non-hydrogen) atoms. The maximum Gasteiger partial charge on any atom is 0.225 e. The molecule has 128 valence electrons. The van der Waals surface area contributed by atoms with Gasteiger partial charge in [0.25, 0.3) is 0 Å². The van der Waals surface area contributed by atoms with Gasteiger partial charge in [0, 0.05) is 51.1 Å². The molecule has 2 saturated heterocycles. The van der Waals surface area contributed by atoms with Gasteiger partial charge in [-0.05, 0) is 18.9 Å². The summed E-state index contributed by atoms with van der Waals surface area (Å²) in [6.45, 7) is 10.1. The van der Waals surface area contributed by atoms with E-state index < -0.39 is 0 Å². The van der Waals surface area contributed by atoms with Crippen LogP contribution in [0.25, 0.3) is 0 Å². The molecule has 0 unspecified atom stereocenters. The van der Waals surface area contributed by atoms with Crippen LogP contribution in [0.5, 0.6) is 0 Å². The standard InChI is InChI=1S/C17H28N4O2/c1-12(2)16(23)21-7-14-6-20(9-17(14,10-21)11-22)8-15-5-13(3)18-19(15)4/h5,12,14,22H,6-11H2,1-4H3/t14-,17+/m0/s1. The van der Waals surface area contributed by atoms with Crippen molar-refractivity contribution in [3.63, 3.8) is 0 Å². The van der Waals surface area contributed by atoms with Gasteiger partial charge in [-0.25, -0.2) is 0 Å². The van der Waals surface area contributed by atoms with Gasteiger partial charge in [-0.2, -0.15) is 5.10 Å². The summed E-state index contributed by atoms with van der Waals surface area (Å²) in [6, 6.07) is 2.12. The van der Waals surface area contributed by atoms with Crippen molar-refractivity contribution in [3.8, 4) is 0 Å². The smallest absolute Gasteiger partial charge is 0.225 e. The van der Waals surface area contributed by atoms with Gasteiger partial charge >= 0.3 is 0 Å². The number of nitrogens with zero attached hydrogens (tertiary/aromatic N) is 4. The molecule has 3 rings (SSSR count). The molecule has 2 atom stereocenters. The van der Waals surface area contributed by atoms with Crippen LogP contribution in [-0.4, -0.2) is 63.4 Å². The van der Waals surface area contributed by atoms with Crippen LogP contribution < -0.4 is 0 Å². The predicted octanol–water partition coefficient (Wildman–Crippen LogP) is 0.637. The summed E-state index contributed by atoms with van der Waals surface area (Å²) < 4.78 is 1.93. The Morgan fingerprint density at radius 3 is 2.70 bits per heavy atom. The van der Waals surface area contributed by atoms with Crippen LogP contribution in [0.2, 0.25) is 0 Å². The molecule has 0 aliphatic carbocycles. The lowest BCUT2D eigenvalue weighted by Gasteiger charge is -2.28. The quantitative estimate of drug-likeness (QED) is 0.884. The van der Waals surface area contributed by atoms with Gasteiger partial charge in [0.1, 0.15) is 0 Å². The maximum absolute atomic E-state index is 12.3. The van der Waals surface area contributed by atoms with E-state index in [2.05, 4.69) is 16.1 Å². The van der Waals surface area contributed by atoms with Gasteiger partial charge in [-0.1, -0.05) is 13.8 Å². The average molecular weight is 320 g/mol. The number of fused-ring (bicyclic) bond motifs is 1.